The number of Topliss-reactive ketones (excluding diaryl/α,β-unsaturated/α-hetero) is 1. The van der Waals surface area contributed by atoms with Gasteiger partial charge in [-0.3, -0.25) is 4.79 Å². The van der Waals surface area contributed by atoms with Crippen LogP contribution in [0, 0.1) is 4.91 Å². The van der Waals surface area contributed by atoms with Crippen LogP contribution in [0.25, 0.3) is 0 Å². The lowest BCUT2D eigenvalue weighted by Crippen LogP contribution is -1.92. The van der Waals surface area contributed by atoms with E-state index in [-0.39, 0.29) is 12.3 Å². The Morgan fingerprint density at radius 1 is 1.36 bits per heavy atom. The quantitative estimate of drug-likeness (QED) is 0.546. The zero-order valence-electron chi connectivity index (χ0n) is 8.78. The predicted molar refractivity (Wildman–Crippen MR) is 57.3 cm³/mol. The molecule has 0 aliphatic carbocycles. The van der Waals surface area contributed by atoms with Gasteiger partial charge in [0, 0.05) is 5.56 Å². The highest BCUT2D eigenvalue weighted by Gasteiger charge is 1.99. The Kier molecular flexibility index (Phi) is 6.20. The van der Waals surface area contributed by atoms with Crippen LogP contribution >= 0.6 is 0 Å². The van der Waals surface area contributed by atoms with Gasteiger partial charge in [0.05, 0.1) is 0 Å². The Bertz CT molecular complexity index is 308. The average Bonchev–Trinajstić information content (AvgIpc) is 2.22. The van der Waals surface area contributed by atoms with Gasteiger partial charge in [-0.05, 0) is 18.6 Å². The van der Waals surface area contributed by atoms with Crippen molar-refractivity contribution in [2.75, 3.05) is 0 Å². The van der Waals surface area contributed by atoms with E-state index < -0.39 is 0 Å². The first kappa shape index (κ1) is 12.5. The summed E-state index contributed by atoms with van der Waals surface area (Å²) in [4.78, 5) is 20.8. The van der Waals surface area contributed by atoms with Crippen LogP contribution in [0.5, 0.6) is 0 Å². The molecule has 1 aromatic rings. The van der Waals surface area contributed by atoms with E-state index in [9.17, 15) is 9.70 Å². The molecule has 0 saturated heterocycles. The van der Waals surface area contributed by atoms with E-state index in [0.29, 0.717) is 5.56 Å². The number of benzene rings is 1. The van der Waals surface area contributed by atoms with Crippen molar-refractivity contribution in [2.24, 2.45) is 5.18 Å². The molecule has 0 aromatic heterocycles. The van der Waals surface area contributed by atoms with Gasteiger partial charge in [0.2, 0.25) is 0 Å². The molecule has 76 valence electrons. The van der Waals surface area contributed by atoms with E-state index in [1.165, 1.54) is 6.92 Å². The van der Waals surface area contributed by atoms with Crippen LogP contribution < -0.4 is 0 Å². The molecule has 0 radical (unpaired) electrons. The fraction of sp³-hybridized carbons (Fsp3) is 0.364. The van der Waals surface area contributed by atoms with Crippen LogP contribution in [0.2, 0.25) is 0 Å². The lowest BCUT2D eigenvalue weighted by Gasteiger charge is -1.97. The maximum atomic E-state index is 10.9. The standard InChI is InChI=1S/C9H9NO2.C2H6/c1-7(11)9-4-2-3-8(5-9)6-10-12;1-2/h2-5H,6H2,1H3;1-2H3. The molecule has 0 aliphatic rings. The topological polar surface area (TPSA) is 46.5 Å². The first-order chi connectivity index (χ1) is 6.74. The Morgan fingerprint density at radius 3 is 2.50 bits per heavy atom. The Hall–Kier alpha value is -1.51. The first-order valence-corrected chi connectivity index (χ1v) is 4.63. The summed E-state index contributed by atoms with van der Waals surface area (Å²) in [5.41, 5.74) is 1.40. The lowest BCUT2D eigenvalue weighted by molar-refractivity contribution is 0.101. The van der Waals surface area contributed by atoms with Crippen molar-refractivity contribution in [3.63, 3.8) is 0 Å². The van der Waals surface area contributed by atoms with Crippen molar-refractivity contribution in [1.29, 1.82) is 0 Å². The molecule has 14 heavy (non-hydrogen) atoms. The molecule has 1 rings (SSSR count). The van der Waals surface area contributed by atoms with E-state index in [4.69, 9.17) is 0 Å². The number of hydrogen-bond donors (Lipinski definition) is 0. The third-order valence-electron chi connectivity index (χ3n) is 1.58. The minimum atomic E-state index is 0.00255. The molecule has 0 heterocycles. The molecule has 1 aromatic carbocycles. The molecular weight excluding hydrogens is 178 g/mol. The van der Waals surface area contributed by atoms with E-state index in [0.717, 1.165) is 5.56 Å². The molecule has 0 bridgehead atoms. The van der Waals surface area contributed by atoms with Crippen LogP contribution in [0.3, 0.4) is 0 Å². The van der Waals surface area contributed by atoms with Gasteiger partial charge < -0.3 is 0 Å². The molecule has 0 saturated carbocycles. The number of nitroso groups, excluding NO2 is 1. The van der Waals surface area contributed by atoms with Crippen molar-refractivity contribution < 1.29 is 4.79 Å². The monoisotopic (exact) mass is 193 g/mol. The summed E-state index contributed by atoms with van der Waals surface area (Å²) in [6, 6.07) is 6.92. The van der Waals surface area contributed by atoms with Gasteiger partial charge in [0.15, 0.2) is 5.78 Å². The van der Waals surface area contributed by atoms with Gasteiger partial charge in [0.1, 0.15) is 6.54 Å². The molecule has 3 nitrogen and oxygen atoms in total. The van der Waals surface area contributed by atoms with Crippen molar-refractivity contribution in [3.8, 4) is 0 Å². The largest absolute Gasteiger partial charge is 0.295 e. The molecule has 0 N–H and O–H groups in total. The molecule has 0 aliphatic heterocycles. The summed E-state index contributed by atoms with van der Waals surface area (Å²) in [5, 5.41) is 2.75. The van der Waals surface area contributed by atoms with Gasteiger partial charge >= 0.3 is 0 Å². The van der Waals surface area contributed by atoms with Crippen LogP contribution in [0.4, 0.5) is 0 Å². The highest BCUT2D eigenvalue weighted by atomic mass is 16.3. The molecule has 0 atom stereocenters. The normalized spacial score (nSPS) is 8.50. The Labute approximate surface area is 84.1 Å². The van der Waals surface area contributed by atoms with Crippen LogP contribution in [-0.2, 0) is 6.54 Å². The Balaban J connectivity index is 0.000000791. The number of hydrogen-bond acceptors (Lipinski definition) is 3. The van der Waals surface area contributed by atoms with Crippen LogP contribution in [-0.4, -0.2) is 5.78 Å². The average molecular weight is 193 g/mol. The predicted octanol–water partition coefficient (Wildman–Crippen LogP) is 3.18. The van der Waals surface area contributed by atoms with Gasteiger partial charge in [-0.25, -0.2) is 0 Å². The summed E-state index contributed by atoms with van der Waals surface area (Å²) in [6.07, 6.45) is 0. The molecule has 0 amide bonds. The zero-order valence-corrected chi connectivity index (χ0v) is 8.78. The summed E-state index contributed by atoms with van der Waals surface area (Å²) in [7, 11) is 0. The maximum absolute atomic E-state index is 10.9. The summed E-state index contributed by atoms with van der Waals surface area (Å²) in [5.74, 6) is 0.00255. The third-order valence-corrected chi connectivity index (χ3v) is 1.58. The first-order valence-electron chi connectivity index (χ1n) is 4.63. The van der Waals surface area contributed by atoms with Gasteiger partial charge in [0.25, 0.3) is 0 Å². The molecule has 0 spiro atoms. The third kappa shape index (κ3) is 3.94. The lowest BCUT2D eigenvalue weighted by atomic mass is 10.1. The smallest absolute Gasteiger partial charge is 0.159 e. The number of ketones is 1. The molecule has 0 unspecified atom stereocenters. The fourth-order valence-corrected chi connectivity index (χ4v) is 0.963. The number of carbonyl (C=O) groups is 1. The highest BCUT2D eigenvalue weighted by molar-refractivity contribution is 5.94. The van der Waals surface area contributed by atoms with Crippen molar-refractivity contribution in [2.45, 2.75) is 27.3 Å². The minimum Gasteiger partial charge on any atom is -0.295 e. The van der Waals surface area contributed by atoms with Gasteiger partial charge in [-0.15, -0.1) is 0 Å². The second-order valence-corrected chi connectivity index (χ2v) is 2.54. The van der Waals surface area contributed by atoms with Crippen LogP contribution in [0.1, 0.15) is 36.7 Å². The van der Waals surface area contributed by atoms with Crippen molar-refractivity contribution in [1.82, 2.24) is 0 Å². The Morgan fingerprint density at radius 2 is 2.00 bits per heavy atom. The van der Waals surface area contributed by atoms with E-state index >= 15 is 0 Å². The number of rotatable bonds is 3. The van der Waals surface area contributed by atoms with Crippen molar-refractivity contribution >= 4 is 5.78 Å². The number of nitrogens with zero attached hydrogens (tertiary/aromatic N) is 1. The second-order valence-electron chi connectivity index (χ2n) is 2.54. The van der Waals surface area contributed by atoms with Crippen LogP contribution in [0.15, 0.2) is 29.4 Å². The maximum Gasteiger partial charge on any atom is 0.159 e. The van der Waals surface area contributed by atoms with Gasteiger partial charge in [-0.2, -0.15) is 4.91 Å². The number of carbonyl (C=O) groups excluding carboxylic acids is 1. The second kappa shape index (κ2) is 6.95. The summed E-state index contributed by atoms with van der Waals surface area (Å²) >= 11 is 0. The molecule has 0 fully saturated rings. The van der Waals surface area contributed by atoms with E-state index in [2.05, 4.69) is 5.18 Å². The molecular formula is C11H15NO2. The van der Waals surface area contributed by atoms with Gasteiger partial charge in [-0.1, -0.05) is 37.2 Å². The van der Waals surface area contributed by atoms with E-state index in [1.54, 1.807) is 24.3 Å². The zero-order chi connectivity index (χ0) is 11.0. The highest BCUT2D eigenvalue weighted by Crippen LogP contribution is 2.06. The summed E-state index contributed by atoms with van der Waals surface area (Å²) in [6.45, 7) is 5.62. The van der Waals surface area contributed by atoms with E-state index in [1.807, 2.05) is 13.8 Å². The SMILES string of the molecule is CC.CC(=O)c1cccc(CN=O)c1. The molecule has 3 heteroatoms. The van der Waals surface area contributed by atoms with Crippen molar-refractivity contribution in [3.05, 3.63) is 40.3 Å². The summed E-state index contributed by atoms with van der Waals surface area (Å²) < 4.78 is 0. The minimum absolute atomic E-state index is 0.00255. The fourth-order valence-electron chi connectivity index (χ4n) is 0.963.